The van der Waals surface area contributed by atoms with E-state index in [2.05, 4.69) is 396 Å². The summed E-state index contributed by atoms with van der Waals surface area (Å²) in [4.78, 5) is 0. The zero-order valence-electron chi connectivity index (χ0n) is 59.0. The van der Waals surface area contributed by atoms with Gasteiger partial charge in [-0.2, -0.15) is 0 Å². The smallest absolute Gasteiger partial charge is 0.423 e. The molecule has 17 aromatic carbocycles. The summed E-state index contributed by atoms with van der Waals surface area (Å²) in [5, 5.41) is 30.8. The number of hydrogen-bond donors (Lipinski definition) is 2. The maximum absolute atomic E-state index is 9.26. The van der Waals surface area contributed by atoms with Crippen LogP contribution in [0.3, 0.4) is 0 Å². The molecule has 109 heavy (non-hydrogen) atoms. The third kappa shape index (κ3) is 12.2. The topological polar surface area (TPSA) is 60.2 Å². The quantitative estimate of drug-likeness (QED) is 0.134. The molecule has 0 unspecified atom stereocenters. The van der Waals surface area contributed by atoms with Gasteiger partial charge in [0.05, 0.1) is 44.1 Å². The summed E-state index contributed by atoms with van der Waals surface area (Å²) in [6, 6.07) is 140. The van der Waals surface area contributed by atoms with E-state index in [1.54, 1.807) is 6.07 Å². The lowest BCUT2D eigenvalue weighted by Crippen LogP contribution is -2.29. The highest BCUT2D eigenvalue weighted by Crippen LogP contribution is 2.46. The summed E-state index contributed by atoms with van der Waals surface area (Å²) in [5.74, 6) is 0. The molecule has 0 spiro atoms. The minimum atomic E-state index is -1.44. The van der Waals surface area contributed by atoms with Crippen molar-refractivity contribution in [3.63, 3.8) is 0 Å². The summed E-state index contributed by atoms with van der Waals surface area (Å²) < 4.78 is 11.9. The van der Waals surface area contributed by atoms with Gasteiger partial charge in [-0.15, -0.1) is 0 Å². The van der Waals surface area contributed by atoms with Crippen molar-refractivity contribution in [1.82, 2.24) is 18.3 Å². The van der Waals surface area contributed by atoms with Crippen LogP contribution in [0.2, 0.25) is 0 Å². The van der Waals surface area contributed by atoms with Crippen molar-refractivity contribution in [2.45, 2.75) is 0 Å². The minimum absolute atomic E-state index is 0. The average molecular weight is 1530 g/mol. The van der Waals surface area contributed by atoms with Gasteiger partial charge in [-0.3, -0.25) is 0 Å². The van der Waals surface area contributed by atoms with Gasteiger partial charge in [0.25, 0.3) is 0 Å². The second-order valence-corrected chi connectivity index (χ2v) is 29.4. The first kappa shape index (κ1) is 66.8. The van der Waals surface area contributed by atoms with E-state index >= 15 is 0 Å². The molecule has 2 N–H and O–H groups in total. The number of nitrogens with zero attached hydrogens (tertiary/aromatic N) is 4. The Kier molecular flexibility index (Phi) is 17.4. The first-order valence-electron chi connectivity index (χ1n) is 36.6. The molecule has 0 aliphatic carbocycles. The van der Waals surface area contributed by atoms with Crippen molar-refractivity contribution >= 4 is 142 Å². The largest absolute Gasteiger partial charge is 0.488 e. The van der Waals surface area contributed by atoms with Crippen LogP contribution in [0.4, 0.5) is 0 Å². The van der Waals surface area contributed by atoms with Crippen LogP contribution in [0.5, 0.6) is 0 Å². The zero-order valence-corrected chi connectivity index (χ0v) is 62.2. The molecule has 9 heteroatoms. The summed E-state index contributed by atoms with van der Waals surface area (Å²) in [7, 11) is -1.44. The van der Waals surface area contributed by atoms with Crippen molar-refractivity contribution in [1.29, 1.82) is 0 Å². The van der Waals surface area contributed by atoms with E-state index in [0.29, 0.717) is 5.46 Å². The van der Waals surface area contributed by atoms with Gasteiger partial charge in [-0.1, -0.05) is 317 Å². The van der Waals surface area contributed by atoms with Crippen LogP contribution in [0, 0.1) is 0 Å². The van der Waals surface area contributed by atoms with Crippen LogP contribution in [-0.2, 0) is 0 Å². The van der Waals surface area contributed by atoms with Crippen LogP contribution < -0.4 is 5.46 Å². The van der Waals surface area contributed by atoms with Gasteiger partial charge in [0.2, 0.25) is 0 Å². The second-order valence-electron chi connectivity index (χ2n) is 27.6. The van der Waals surface area contributed by atoms with Crippen LogP contribution >= 0.6 is 31.9 Å². The molecule has 0 atom stereocenters. The molecule has 4 aromatic heterocycles. The third-order valence-electron chi connectivity index (χ3n) is 21.2. The maximum Gasteiger partial charge on any atom is 0.488 e. The highest BCUT2D eigenvalue weighted by atomic mass is 79.9. The molecule has 0 saturated heterocycles. The van der Waals surface area contributed by atoms with Crippen molar-refractivity contribution in [3.05, 3.63) is 403 Å². The highest BCUT2D eigenvalue weighted by Gasteiger charge is 2.26. The summed E-state index contributed by atoms with van der Waals surface area (Å²) in [5.41, 5.74) is 26.5. The van der Waals surface area contributed by atoms with Gasteiger partial charge in [0.1, 0.15) is 0 Å². The zero-order chi connectivity index (χ0) is 73.1. The number of aromatic nitrogens is 4. The van der Waals surface area contributed by atoms with E-state index in [4.69, 9.17) is 0 Å². The van der Waals surface area contributed by atoms with E-state index in [-0.39, 0.29) is 1.43 Å². The molecule has 0 saturated carbocycles. The van der Waals surface area contributed by atoms with Crippen LogP contribution in [0.1, 0.15) is 1.43 Å². The molecule has 4 heterocycles. The molecule has 21 aromatic rings. The molecular weight excluding hydrogens is 1460 g/mol. The fourth-order valence-electron chi connectivity index (χ4n) is 16.3. The lowest BCUT2D eigenvalue weighted by molar-refractivity contribution is 0.426. The number of fused-ring (bicyclic) bond motifs is 13. The number of rotatable bonds is 10. The predicted molar refractivity (Wildman–Crippen MR) is 469 cm³/mol. The molecule has 0 amide bonds. The minimum Gasteiger partial charge on any atom is -0.423 e. The number of hydrogen-bond acceptors (Lipinski definition) is 2. The SMILES string of the molecule is Brc1ccc2c(c1)n(-c1ccccc1)c1c3ccc(Br)cc3n(-c3ccccc3)c21.OB(O)c1cccc(-c2cccc3ccccc23)c1.[HH].c1ccc(-n2c3cc(-c4cccc(-c5cccc6ccccc56)c4)ccc3c3c2c2ccc(-c4cccc(-c5cccc6ccccc56)c4)cc2n3-c2ccccc2)cc1. The first-order valence-corrected chi connectivity index (χ1v) is 38.2. The van der Waals surface area contributed by atoms with Crippen molar-refractivity contribution in [2.24, 2.45) is 0 Å². The second kappa shape index (κ2) is 28.5. The Balaban J connectivity index is 0.000000140. The summed E-state index contributed by atoms with van der Waals surface area (Å²) >= 11 is 7.36. The van der Waals surface area contributed by atoms with Gasteiger partial charge in [-0.05, 0) is 203 Å². The standard InChI is InChI=1S/C58H38N2.C26H16Br2N2.C16H13BO2.H2/c1-3-23-47(24-4-1)59-55-37-43(41-19-11-21-45(35-41)51-29-13-17-39-15-7-9-27-49(39)51)31-33-53(55)58-57(59)54-34-32-44(38-56(54)60(58)48-25-5-2-6-26-48)42-20-12-22-46(36-42)52-30-14-18-40-16-8-10-28-50(40)52;27-17-11-13-21-23(15-17)29(19-7-3-1-4-8-19)25-22-14-12-18(28)16-24(22)30(26(21)25)20-9-5-2-6-10-20;18-17(19)14-8-3-7-13(11-14)16-10-4-6-12-5-1-2-9-15(12)16;/h1-38H;1-16H;1-11,18-19H;1H. The van der Waals surface area contributed by atoms with E-state index in [0.717, 1.165) is 48.2 Å². The predicted octanol–water partition coefficient (Wildman–Crippen LogP) is 26.4. The van der Waals surface area contributed by atoms with Gasteiger partial charge in [0, 0.05) is 54.7 Å². The average Bonchev–Trinajstić information content (AvgIpc) is 1.55. The molecule has 0 aliphatic rings. The van der Waals surface area contributed by atoms with Crippen molar-refractivity contribution in [3.8, 4) is 78.4 Å². The molecule has 518 valence electrons. The first-order chi connectivity index (χ1) is 53.7. The Morgan fingerprint density at radius 3 is 0.826 bits per heavy atom. The summed E-state index contributed by atoms with van der Waals surface area (Å²) in [6.45, 7) is 0. The van der Waals surface area contributed by atoms with E-state index in [1.807, 2.05) is 42.5 Å². The molecule has 0 fully saturated rings. The van der Waals surface area contributed by atoms with Gasteiger partial charge in [-0.25, -0.2) is 0 Å². The molecule has 6 nitrogen and oxygen atoms in total. The normalized spacial score (nSPS) is 11.5. The molecule has 0 radical (unpaired) electrons. The monoisotopic (exact) mass is 1530 g/mol. The molecule has 0 bridgehead atoms. The van der Waals surface area contributed by atoms with Gasteiger partial charge in [0.15, 0.2) is 0 Å². The van der Waals surface area contributed by atoms with E-state index in [1.165, 1.54) is 137 Å². The molecular formula is C100H69BBr2N4O2. The number of halogens is 2. The van der Waals surface area contributed by atoms with Crippen molar-refractivity contribution < 1.29 is 11.5 Å². The highest BCUT2D eigenvalue weighted by molar-refractivity contribution is 9.10. The lowest BCUT2D eigenvalue weighted by Gasteiger charge is -2.13. The Morgan fingerprint density at radius 1 is 0.211 bits per heavy atom. The van der Waals surface area contributed by atoms with Crippen LogP contribution in [0.15, 0.2) is 403 Å². The molecule has 0 aliphatic heterocycles. The third-order valence-corrected chi connectivity index (χ3v) is 22.2. The number of benzene rings is 17. The summed E-state index contributed by atoms with van der Waals surface area (Å²) in [6.07, 6.45) is 0. The maximum atomic E-state index is 9.26. The fourth-order valence-corrected chi connectivity index (χ4v) is 17.0. The van der Waals surface area contributed by atoms with Gasteiger partial charge >= 0.3 is 7.12 Å². The van der Waals surface area contributed by atoms with Crippen LogP contribution in [0.25, 0.3) is 176 Å². The number of para-hydroxylation sites is 4. The Morgan fingerprint density at radius 2 is 0.477 bits per heavy atom. The van der Waals surface area contributed by atoms with Crippen LogP contribution in [-0.4, -0.2) is 35.4 Å². The fraction of sp³-hybridized carbons (Fsp3) is 0. The Labute approximate surface area is 649 Å². The van der Waals surface area contributed by atoms with Crippen molar-refractivity contribution in [2.75, 3.05) is 0 Å². The lowest BCUT2D eigenvalue weighted by atomic mass is 9.79. The Bertz CT molecular complexity index is 6680. The molecule has 21 rings (SSSR count). The van der Waals surface area contributed by atoms with E-state index in [9.17, 15) is 10.0 Å². The van der Waals surface area contributed by atoms with E-state index < -0.39 is 7.12 Å². The Hall–Kier alpha value is -12.9. The van der Waals surface area contributed by atoms with Gasteiger partial charge < -0.3 is 28.3 Å².